The number of aliphatic hydroxyl groups excluding tert-OH is 1. The van der Waals surface area contributed by atoms with Crippen LogP contribution in [-0.2, 0) is 9.47 Å². The molecule has 0 aliphatic heterocycles. The van der Waals surface area contributed by atoms with E-state index in [2.05, 4.69) is 24.1 Å². The van der Waals surface area contributed by atoms with Crippen molar-refractivity contribution in [1.29, 1.82) is 0 Å². The van der Waals surface area contributed by atoms with Gasteiger partial charge < -0.3 is 26.2 Å². The summed E-state index contributed by atoms with van der Waals surface area (Å²) in [5.41, 5.74) is -0.301. The van der Waals surface area contributed by atoms with Gasteiger partial charge in [-0.15, -0.1) is 0 Å². The number of unbranched alkanes of at least 4 members (excludes halogenated alkanes) is 1. The van der Waals surface area contributed by atoms with E-state index in [1.165, 1.54) is 13.5 Å². The molecule has 2 aromatic rings. The number of rotatable bonds is 7. The van der Waals surface area contributed by atoms with E-state index in [1.807, 2.05) is 0 Å². The van der Waals surface area contributed by atoms with Crippen LogP contribution in [-0.4, -0.2) is 41.5 Å². The number of anilines is 1. The van der Waals surface area contributed by atoms with E-state index >= 15 is 0 Å². The molecule has 1 heterocycles. The zero-order valence-corrected chi connectivity index (χ0v) is 21.4. The fourth-order valence-electron chi connectivity index (χ4n) is 2.34. The number of para-hydroxylation sites is 1. The molecule has 2 N–H and O–H groups in total. The summed E-state index contributed by atoms with van der Waals surface area (Å²) in [5.74, 6) is -0.236. The largest absolute Gasteiger partial charge is 1.00 e. The van der Waals surface area contributed by atoms with Crippen molar-refractivity contribution < 1.29 is 47.8 Å². The van der Waals surface area contributed by atoms with E-state index < -0.39 is 23.8 Å². The van der Waals surface area contributed by atoms with Gasteiger partial charge in [-0.05, 0) is 33.8 Å². The van der Waals surface area contributed by atoms with Crippen molar-refractivity contribution in [3.05, 3.63) is 47.3 Å². The third-order valence-corrected chi connectivity index (χ3v) is 4.79. The number of carbonyl (C=O) groups excluding carboxylic acids is 2. The van der Waals surface area contributed by atoms with Crippen LogP contribution in [0, 0.1) is 6.92 Å². The van der Waals surface area contributed by atoms with E-state index in [0.29, 0.717) is 11.3 Å². The Bertz CT molecular complexity index is 880. The summed E-state index contributed by atoms with van der Waals surface area (Å²) in [4.78, 5) is 28.7. The zero-order chi connectivity index (χ0) is 24.3. The number of thiazole rings is 1. The standard InChI is InChI=1S/C19H24N2O6S.C4H9.Li/c1-6-26-16(23)13-15(14(22)11-9-7-8-10-12(11)25-5)28-17(20-13)21-18(24)27-19(2,3)4;1-3-4-2;/h7-10,14,22H,6H2,1-5H3,(H,20,21,24);1,3-4H2,2H3;/q;-1;+1. The van der Waals surface area contributed by atoms with Crippen LogP contribution >= 0.6 is 11.3 Å². The normalized spacial score (nSPS) is 11.3. The number of methoxy groups -OCH3 is 1. The van der Waals surface area contributed by atoms with Crippen molar-refractivity contribution in [1.82, 2.24) is 4.98 Å². The van der Waals surface area contributed by atoms with Crippen molar-refractivity contribution >= 4 is 28.5 Å². The quantitative estimate of drug-likeness (QED) is 0.362. The number of esters is 1. The predicted molar refractivity (Wildman–Crippen MR) is 125 cm³/mol. The molecule has 0 spiro atoms. The van der Waals surface area contributed by atoms with E-state index in [0.717, 1.165) is 17.8 Å². The molecule has 0 fully saturated rings. The molecule has 8 nitrogen and oxygen atoms in total. The van der Waals surface area contributed by atoms with Gasteiger partial charge in [-0.1, -0.05) is 42.9 Å². The molecule has 2 rings (SSSR count). The summed E-state index contributed by atoms with van der Waals surface area (Å²) in [6.45, 7) is 12.7. The Hall–Kier alpha value is -2.05. The van der Waals surface area contributed by atoms with Crippen molar-refractivity contribution in [3.8, 4) is 5.75 Å². The molecule has 1 atom stereocenters. The summed E-state index contributed by atoms with van der Waals surface area (Å²) < 4.78 is 15.5. The Morgan fingerprint density at radius 2 is 1.85 bits per heavy atom. The Morgan fingerprint density at radius 3 is 2.36 bits per heavy atom. The van der Waals surface area contributed by atoms with Gasteiger partial charge in [0.15, 0.2) is 10.8 Å². The third-order valence-electron chi connectivity index (χ3n) is 3.77. The number of nitrogens with zero attached hydrogens (tertiary/aromatic N) is 1. The van der Waals surface area contributed by atoms with Gasteiger partial charge in [0.05, 0.1) is 18.6 Å². The van der Waals surface area contributed by atoms with Gasteiger partial charge >= 0.3 is 30.9 Å². The van der Waals surface area contributed by atoms with Gasteiger partial charge in [-0.2, -0.15) is 6.42 Å². The molecule has 1 aromatic heterocycles. The van der Waals surface area contributed by atoms with Crippen molar-refractivity contribution in [2.24, 2.45) is 0 Å². The smallest absolute Gasteiger partial charge is 0.496 e. The number of hydrogen-bond acceptors (Lipinski definition) is 8. The number of aliphatic hydroxyl groups is 1. The van der Waals surface area contributed by atoms with Crippen LogP contribution in [0.4, 0.5) is 9.93 Å². The van der Waals surface area contributed by atoms with Crippen LogP contribution in [0.2, 0.25) is 0 Å². The molecule has 178 valence electrons. The molecule has 0 bridgehead atoms. The van der Waals surface area contributed by atoms with Crippen LogP contribution in [0.3, 0.4) is 0 Å². The second-order valence-corrected chi connectivity index (χ2v) is 8.61. The third kappa shape index (κ3) is 10.2. The van der Waals surface area contributed by atoms with E-state index in [-0.39, 0.29) is 41.2 Å². The maximum atomic E-state index is 12.3. The number of amides is 1. The summed E-state index contributed by atoms with van der Waals surface area (Å²) in [7, 11) is 1.49. The molecule has 0 saturated carbocycles. The molecular weight excluding hydrogens is 439 g/mol. The maximum absolute atomic E-state index is 12.3. The summed E-state index contributed by atoms with van der Waals surface area (Å²) in [6, 6.07) is 6.89. The number of hydrogen-bond donors (Lipinski definition) is 2. The summed E-state index contributed by atoms with van der Waals surface area (Å²) in [5, 5.41) is 13.5. The van der Waals surface area contributed by atoms with Crippen molar-refractivity contribution in [2.45, 2.75) is 59.2 Å². The second kappa shape index (κ2) is 15.0. The van der Waals surface area contributed by atoms with E-state index in [1.54, 1.807) is 52.0 Å². The summed E-state index contributed by atoms with van der Waals surface area (Å²) in [6.07, 6.45) is 0.372. The van der Waals surface area contributed by atoms with Crippen LogP contribution in [0.1, 0.15) is 74.5 Å². The Labute approximate surface area is 212 Å². The zero-order valence-electron chi connectivity index (χ0n) is 20.6. The first kappa shape index (κ1) is 30.9. The van der Waals surface area contributed by atoms with Crippen LogP contribution in [0.5, 0.6) is 5.75 Å². The molecule has 0 aliphatic carbocycles. The molecule has 0 aliphatic rings. The minimum absolute atomic E-state index is 0. The van der Waals surface area contributed by atoms with Crippen LogP contribution < -0.4 is 28.9 Å². The first-order valence-electron chi connectivity index (χ1n) is 10.4. The molecule has 33 heavy (non-hydrogen) atoms. The van der Waals surface area contributed by atoms with Gasteiger partial charge in [0.2, 0.25) is 0 Å². The monoisotopic (exact) mass is 472 g/mol. The predicted octanol–water partition coefficient (Wildman–Crippen LogP) is 2.38. The van der Waals surface area contributed by atoms with Gasteiger partial charge in [0.25, 0.3) is 0 Å². The Kier molecular flexibility index (Phi) is 14.0. The average Bonchev–Trinajstić information content (AvgIpc) is 3.15. The number of carbonyl (C=O) groups is 2. The Morgan fingerprint density at radius 1 is 1.24 bits per heavy atom. The number of benzene rings is 1. The molecular formula is C23H33LiN2O6S. The number of aromatic nitrogens is 1. The average molecular weight is 473 g/mol. The first-order valence-corrected chi connectivity index (χ1v) is 11.2. The minimum Gasteiger partial charge on any atom is -0.496 e. The molecule has 10 heteroatoms. The van der Waals surface area contributed by atoms with Crippen LogP contribution in [0.25, 0.3) is 0 Å². The molecule has 0 radical (unpaired) electrons. The fraction of sp³-hybridized carbons (Fsp3) is 0.478. The minimum atomic E-state index is -1.19. The Balaban J connectivity index is 0.00000189. The molecule has 0 saturated heterocycles. The molecule has 1 amide bonds. The topological polar surface area (TPSA) is 107 Å². The van der Waals surface area contributed by atoms with E-state index in [4.69, 9.17) is 14.2 Å². The number of ether oxygens (including phenoxy) is 3. The summed E-state index contributed by atoms with van der Waals surface area (Å²) >= 11 is 0.961. The van der Waals surface area contributed by atoms with Gasteiger partial charge in [0.1, 0.15) is 17.5 Å². The van der Waals surface area contributed by atoms with E-state index in [9.17, 15) is 14.7 Å². The van der Waals surface area contributed by atoms with Crippen LogP contribution in [0.15, 0.2) is 24.3 Å². The SMILES string of the molecule is CCOC(=O)c1nc(NC(=O)OC(C)(C)C)sc1C(O)c1ccccc1OC.[CH2-]CCC.[Li+]. The fourth-order valence-corrected chi connectivity index (χ4v) is 3.28. The second-order valence-electron chi connectivity index (χ2n) is 7.58. The molecule has 1 unspecified atom stereocenters. The first-order chi connectivity index (χ1) is 15.1. The molecule has 1 aromatic carbocycles. The number of nitrogens with one attached hydrogen (secondary N) is 1. The van der Waals surface area contributed by atoms with Crippen molar-refractivity contribution in [3.63, 3.8) is 0 Å². The maximum Gasteiger partial charge on any atom is 1.00 e. The van der Waals surface area contributed by atoms with Crippen molar-refractivity contribution in [2.75, 3.05) is 19.0 Å². The van der Waals surface area contributed by atoms with Gasteiger partial charge in [-0.25, -0.2) is 14.6 Å². The van der Waals surface area contributed by atoms with Gasteiger partial charge in [-0.3, -0.25) is 5.32 Å². The van der Waals surface area contributed by atoms with Gasteiger partial charge in [0, 0.05) is 5.56 Å².